The summed E-state index contributed by atoms with van der Waals surface area (Å²) >= 11 is 4.00. The number of nitrogens with one attached hydrogen (secondary N) is 1. The summed E-state index contributed by atoms with van der Waals surface area (Å²) in [5.41, 5.74) is 0. The second kappa shape index (κ2) is 3.32. The molecule has 1 saturated heterocycles. The Morgan fingerprint density at radius 3 is 2.83 bits per heavy atom. The van der Waals surface area contributed by atoms with Crippen LogP contribution in [0.15, 0.2) is 0 Å². The van der Waals surface area contributed by atoms with Crippen molar-refractivity contribution in [3.63, 3.8) is 0 Å². The second-order valence-corrected chi connectivity index (χ2v) is 3.38. The van der Waals surface area contributed by atoms with Crippen molar-refractivity contribution in [1.82, 2.24) is 10.2 Å². The maximum atomic E-state index is 10.6. The number of hydrogen-bond acceptors (Lipinski definition) is 4. The first kappa shape index (κ1) is 9.34. The van der Waals surface area contributed by atoms with Gasteiger partial charge in [0.05, 0.1) is 0 Å². The molecule has 1 heterocycles. The monoisotopic (exact) mass is 190 g/mol. The van der Waals surface area contributed by atoms with Crippen molar-refractivity contribution in [3.05, 3.63) is 0 Å². The van der Waals surface area contributed by atoms with Crippen molar-refractivity contribution >= 4 is 25.0 Å². The highest BCUT2D eigenvalue weighted by Gasteiger charge is 2.38. The molecule has 1 aliphatic rings. The minimum Gasteiger partial charge on any atom is -0.465 e. The predicted octanol–water partition coefficient (Wildman–Crippen LogP) is -0.605. The molecule has 0 aromatic rings. The number of aldehydes is 1. The van der Waals surface area contributed by atoms with Gasteiger partial charge in [-0.25, -0.2) is 4.79 Å². The van der Waals surface area contributed by atoms with Gasteiger partial charge in [0.25, 0.3) is 0 Å². The number of carboxylic acid groups (broad SMARTS) is 1. The van der Waals surface area contributed by atoms with Gasteiger partial charge in [-0.1, -0.05) is 0 Å². The summed E-state index contributed by atoms with van der Waals surface area (Å²) < 4.78 is 0. The molecule has 0 aliphatic carbocycles. The molecule has 1 fully saturated rings. The number of nitrogens with zero attached hydrogens (tertiary/aromatic N) is 1. The average Bonchev–Trinajstić information content (AvgIpc) is 2.05. The van der Waals surface area contributed by atoms with E-state index in [0.29, 0.717) is 12.8 Å². The molecule has 0 saturated carbocycles. The third kappa shape index (κ3) is 1.54. The number of carbonyl (C=O) groups is 2. The third-order valence-electron chi connectivity index (χ3n) is 1.78. The molecule has 0 aromatic carbocycles. The Kier molecular flexibility index (Phi) is 2.58. The van der Waals surface area contributed by atoms with Crippen LogP contribution in [-0.2, 0) is 4.79 Å². The SMILES string of the molecule is O=CC1(S)CNCCN1C(=O)O. The van der Waals surface area contributed by atoms with E-state index >= 15 is 0 Å². The van der Waals surface area contributed by atoms with Gasteiger partial charge in [-0.05, 0) is 0 Å². The van der Waals surface area contributed by atoms with E-state index in [1.165, 1.54) is 0 Å². The molecule has 0 radical (unpaired) electrons. The second-order valence-electron chi connectivity index (χ2n) is 2.61. The molecule has 5 nitrogen and oxygen atoms in total. The standard InChI is InChI=1S/C6H10N2O3S/c9-4-6(12)3-7-1-2-8(6)5(10)11/h4,7,12H,1-3H2,(H,10,11). The topological polar surface area (TPSA) is 69.6 Å². The van der Waals surface area contributed by atoms with E-state index in [4.69, 9.17) is 5.11 Å². The summed E-state index contributed by atoms with van der Waals surface area (Å²) in [6.45, 7) is 1.10. The quantitative estimate of drug-likeness (QED) is 0.381. The van der Waals surface area contributed by atoms with E-state index in [1.54, 1.807) is 0 Å². The lowest BCUT2D eigenvalue weighted by Gasteiger charge is -2.38. The molecule has 1 amide bonds. The zero-order valence-corrected chi connectivity index (χ0v) is 7.25. The minimum absolute atomic E-state index is 0.256. The molecule has 12 heavy (non-hydrogen) atoms. The van der Waals surface area contributed by atoms with Crippen LogP contribution < -0.4 is 5.32 Å². The van der Waals surface area contributed by atoms with Gasteiger partial charge in [-0.3, -0.25) is 9.69 Å². The van der Waals surface area contributed by atoms with E-state index in [-0.39, 0.29) is 13.1 Å². The molecule has 68 valence electrons. The maximum Gasteiger partial charge on any atom is 0.408 e. The molecule has 1 atom stereocenters. The fourth-order valence-electron chi connectivity index (χ4n) is 1.12. The zero-order chi connectivity index (χ0) is 9.19. The summed E-state index contributed by atoms with van der Waals surface area (Å²) in [4.78, 5) is 21.0. The predicted molar refractivity (Wildman–Crippen MR) is 45.4 cm³/mol. The van der Waals surface area contributed by atoms with Crippen LogP contribution in [0.25, 0.3) is 0 Å². The van der Waals surface area contributed by atoms with Crippen LogP contribution in [0.3, 0.4) is 0 Å². The third-order valence-corrected chi connectivity index (χ3v) is 2.29. The molecule has 1 unspecified atom stereocenters. The normalized spacial score (nSPS) is 29.9. The van der Waals surface area contributed by atoms with Crippen molar-refractivity contribution in [2.45, 2.75) is 4.87 Å². The van der Waals surface area contributed by atoms with Crippen molar-refractivity contribution in [2.75, 3.05) is 19.6 Å². The van der Waals surface area contributed by atoms with Gasteiger partial charge in [-0.15, -0.1) is 12.6 Å². The lowest BCUT2D eigenvalue weighted by Crippen LogP contribution is -2.60. The Bertz CT molecular complexity index is 211. The van der Waals surface area contributed by atoms with Crippen LogP contribution in [0.1, 0.15) is 0 Å². The molecular weight excluding hydrogens is 180 g/mol. The van der Waals surface area contributed by atoms with E-state index in [0.717, 1.165) is 4.90 Å². The van der Waals surface area contributed by atoms with Gasteiger partial charge in [0.2, 0.25) is 0 Å². The smallest absolute Gasteiger partial charge is 0.408 e. The summed E-state index contributed by atoms with van der Waals surface area (Å²) in [6, 6.07) is 0. The van der Waals surface area contributed by atoms with Crippen molar-refractivity contribution in [2.24, 2.45) is 0 Å². The van der Waals surface area contributed by atoms with E-state index in [2.05, 4.69) is 17.9 Å². The molecule has 2 N–H and O–H groups in total. The number of carbonyl (C=O) groups excluding carboxylic acids is 1. The first-order valence-corrected chi connectivity index (χ1v) is 3.95. The first-order chi connectivity index (χ1) is 5.60. The number of hydrogen-bond donors (Lipinski definition) is 3. The Balaban J connectivity index is 2.80. The zero-order valence-electron chi connectivity index (χ0n) is 6.36. The molecule has 1 aliphatic heterocycles. The number of amides is 1. The van der Waals surface area contributed by atoms with Crippen molar-refractivity contribution < 1.29 is 14.7 Å². The van der Waals surface area contributed by atoms with E-state index < -0.39 is 11.0 Å². The Labute approximate surface area is 75.1 Å². The van der Waals surface area contributed by atoms with Crippen LogP contribution in [0.2, 0.25) is 0 Å². The highest BCUT2D eigenvalue weighted by molar-refractivity contribution is 7.82. The van der Waals surface area contributed by atoms with Crippen LogP contribution >= 0.6 is 12.6 Å². The molecule has 0 bridgehead atoms. The number of rotatable bonds is 1. The Morgan fingerprint density at radius 1 is 1.75 bits per heavy atom. The van der Waals surface area contributed by atoms with Gasteiger partial charge < -0.3 is 10.4 Å². The van der Waals surface area contributed by atoms with Crippen molar-refractivity contribution in [3.8, 4) is 0 Å². The van der Waals surface area contributed by atoms with Gasteiger partial charge in [0.1, 0.15) is 0 Å². The fraction of sp³-hybridized carbons (Fsp3) is 0.667. The largest absolute Gasteiger partial charge is 0.465 e. The Morgan fingerprint density at radius 2 is 2.42 bits per heavy atom. The molecule has 1 rings (SSSR count). The highest BCUT2D eigenvalue weighted by atomic mass is 32.1. The summed E-state index contributed by atoms with van der Waals surface area (Å²) in [7, 11) is 0. The van der Waals surface area contributed by atoms with Gasteiger partial charge >= 0.3 is 6.09 Å². The molecule has 0 aromatic heterocycles. The first-order valence-electron chi connectivity index (χ1n) is 3.50. The molecule has 0 spiro atoms. The summed E-state index contributed by atoms with van der Waals surface area (Å²) in [5.74, 6) is 0. The van der Waals surface area contributed by atoms with Gasteiger partial charge in [0.15, 0.2) is 11.2 Å². The average molecular weight is 190 g/mol. The number of piperazine rings is 1. The number of thiol groups is 1. The summed E-state index contributed by atoms with van der Waals surface area (Å²) in [5, 5.41) is 11.6. The lowest BCUT2D eigenvalue weighted by atomic mass is 10.2. The van der Waals surface area contributed by atoms with Gasteiger partial charge in [-0.2, -0.15) is 0 Å². The fourth-order valence-corrected chi connectivity index (χ4v) is 1.42. The van der Waals surface area contributed by atoms with Crippen LogP contribution in [0.4, 0.5) is 4.79 Å². The van der Waals surface area contributed by atoms with Crippen molar-refractivity contribution in [1.29, 1.82) is 0 Å². The molecule has 6 heteroatoms. The van der Waals surface area contributed by atoms with Crippen LogP contribution in [-0.4, -0.2) is 46.9 Å². The summed E-state index contributed by atoms with van der Waals surface area (Å²) in [6.07, 6.45) is -0.574. The van der Waals surface area contributed by atoms with E-state index in [1.807, 2.05) is 0 Å². The van der Waals surface area contributed by atoms with Crippen LogP contribution in [0.5, 0.6) is 0 Å². The highest BCUT2D eigenvalue weighted by Crippen LogP contribution is 2.19. The minimum atomic E-state index is -1.20. The van der Waals surface area contributed by atoms with E-state index in [9.17, 15) is 9.59 Å². The van der Waals surface area contributed by atoms with Crippen LogP contribution in [0, 0.1) is 0 Å². The Hall–Kier alpha value is -0.750. The molecular formula is C6H10N2O3S. The lowest BCUT2D eigenvalue weighted by molar-refractivity contribution is -0.113. The maximum absolute atomic E-state index is 10.6. The van der Waals surface area contributed by atoms with Gasteiger partial charge in [0, 0.05) is 19.6 Å².